The van der Waals surface area contributed by atoms with Gasteiger partial charge >= 0.3 is 5.97 Å². The fraction of sp³-hybridized carbons (Fsp3) is 0. The van der Waals surface area contributed by atoms with Crippen LogP contribution in [0.15, 0.2) is 24.3 Å². The summed E-state index contributed by atoms with van der Waals surface area (Å²) in [5.41, 5.74) is -0.340. The van der Waals surface area contributed by atoms with E-state index in [-0.39, 0.29) is 22.5 Å². The summed E-state index contributed by atoms with van der Waals surface area (Å²) < 4.78 is 0. The Hall–Kier alpha value is -2.94. The number of para-hydroxylation sites is 1. The van der Waals surface area contributed by atoms with Crippen molar-refractivity contribution in [2.45, 2.75) is 0 Å². The molecule has 0 saturated heterocycles. The zero-order chi connectivity index (χ0) is 13.3. The SMILES string of the molecule is C#Cc1cc(C(=O)O)nc2c([N+](=O)[O-])cccc12. The highest BCUT2D eigenvalue weighted by Gasteiger charge is 2.17. The van der Waals surface area contributed by atoms with Crippen molar-refractivity contribution in [2.75, 3.05) is 0 Å². The van der Waals surface area contributed by atoms with Gasteiger partial charge in [-0.3, -0.25) is 10.1 Å². The van der Waals surface area contributed by atoms with E-state index in [0.717, 1.165) is 0 Å². The molecule has 6 nitrogen and oxygen atoms in total. The molecule has 1 N–H and O–H groups in total. The van der Waals surface area contributed by atoms with E-state index in [2.05, 4.69) is 10.9 Å². The maximum atomic E-state index is 10.9. The fourth-order valence-electron chi connectivity index (χ4n) is 1.61. The van der Waals surface area contributed by atoms with Gasteiger partial charge in [0, 0.05) is 17.0 Å². The molecule has 18 heavy (non-hydrogen) atoms. The Morgan fingerprint density at radius 3 is 2.78 bits per heavy atom. The standard InChI is InChI=1S/C12H6N2O4/c1-2-7-6-9(12(15)16)13-11-8(7)4-3-5-10(11)14(17)18/h1,3-6H,(H,15,16). The summed E-state index contributed by atoms with van der Waals surface area (Å²) >= 11 is 0. The number of fused-ring (bicyclic) bond motifs is 1. The highest BCUT2D eigenvalue weighted by atomic mass is 16.6. The number of nitro groups is 1. The first-order valence-electron chi connectivity index (χ1n) is 4.82. The van der Waals surface area contributed by atoms with E-state index in [4.69, 9.17) is 11.5 Å². The van der Waals surface area contributed by atoms with Gasteiger partial charge in [-0.2, -0.15) is 0 Å². The molecule has 0 unspecified atom stereocenters. The first-order valence-corrected chi connectivity index (χ1v) is 4.82. The van der Waals surface area contributed by atoms with E-state index in [1.54, 1.807) is 6.07 Å². The Balaban J connectivity index is 2.94. The van der Waals surface area contributed by atoms with Crippen molar-refractivity contribution < 1.29 is 14.8 Å². The number of pyridine rings is 1. The van der Waals surface area contributed by atoms with E-state index < -0.39 is 10.9 Å². The molecule has 6 heteroatoms. The second-order valence-corrected chi connectivity index (χ2v) is 3.43. The number of nitrogens with zero attached hydrogens (tertiary/aromatic N) is 2. The van der Waals surface area contributed by atoms with Crippen molar-refractivity contribution >= 4 is 22.6 Å². The van der Waals surface area contributed by atoms with Gasteiger partial charge in [-0.1, -0.05) is 18.1 Å². The van der Waals surface area contributed by atoms with Gasteiger partial charge in [0.1, 0.15) is 11.2 Å². The summed E-state index contributed by atoms with van der Waals surface area (Å²) in [7, 11) is 0. The minimum absolute atomic E-state index is 0.0182. The first kappa shape index (κ1) is 11.5. The second-order valence-electron chi connectivity index (χ2n) is 3.43. The largest absolute Gasteiger partial charge is 0.477 e. The first-order chi connectivity index (χ1) is 8.54. The van der Waals surface area contributed by atoms with Crippen LogP contribution in [0.25, 0.3) is 10.9 Å². The van der Waals surface area contributed by atoms with E-state index in [1.807, 2.05) is 0 Å². The van der Waals surface area contributed by atoms with Gasteiger partial charge in [-0.25, -0.2) is 9.78 Å². The Bertz CT molecular complexity index is 716. The highest BCUT2D eigenvalue weighted by Crippen LogP contribution is 2.26. The monoisotopic (exact) mass is 242 g/mol. The maximum absolute atomic E-state index is 10.9. The molecule has 1 heterocycles. The number of non-ortho nitro benzene ring substituents is 1. The van der Waals surface area contributed by atoms with E-state index in [9.17, 15) is 14.9 Å². The molecule has 0 atom stereocenters. The van der Waals surface area contributed by atoms with Crippen LogP contribution in [0, 0.1) is 22.5 Å². The van der Waals surface area contributed by atoms with Crippen molar-refractivity contribution in [3.05, 3.63) is 45.6 Å². The van der Waals surface area contributed by atoms with Crippen LogP contribution >= 0.6 is 0 Å². The number of carboxylic acids is 1. The topological polar surface area (TPSA) is 93.3 Å². The summed E-state index contributed by atoms with van der Waals surface area (Å²) in [6.45, 7) is 0. The van der Waals surface area contributed by atoms with Gasteiger partial charge in [-0.15, -0.1) is 6.42 Å². The van der Waals surface area contributed by atoms with E-state index in [0.29, 0.717) is 5.39 Å². The number of terminal acetylenes is 1. The van der Waals surface area contributed by atoms with Crippen LogP contribution in [0.2, 0.25) is 0 Å². The molecule has 2 rings (SSSR count). The Morgan fingerprint density at radius 1 is 1.50 bits per heavy atom. The molecule has 0 saturated carbocycles. The third-order valence-corrected chi connectivity index (χ3v) is 2.39. The van der Waals surface area contributed by atoms with Crippen LogP contribution in [0.1, 0.15) is 16.1 Å². The zero-order valence-electron chi connectivity index (χ0n) is 8.95. The second kappa shape index (κ2) is 4.14. The number of hydrogen-bond donors (Lipinski definition) is 1. The summed E-state index contributed by atoms with van der Waals surface area (Å²) in [6.07, 6.45) is 5.27. The van der Waals surface area contributed by atoms with Crippen LogP contribution in [0.3, 0.4) is 0 Å². The summed E-state index contributed by atoms with van der Waals surface area (Å²) in [6, 6.07) is 5.51. The molecule has 88 valence electrons. The smallest absolute Gasteiger partial charge is 0.354 e. The molecule has 0 aliphatic heterocycles. The van der Waals surface area contributed by atoms with Crippen molar-refractivity contribution in [3.63, 3.8) is 0 Å². The van der Waals surface area contributed by atoms with Crippen LogP contribution in [0.4, 0.5) is 5.69 Å². The normalized spacial score (nSPS) is 9.94. The number of nitro benzene ring substituents is 1. The van der Waals surface area contributed by atoms with Gasteiger partial charge < -0.3 is 5.11 Å². The fourth-order valence-corrected chi connectivity index (χ4v) is 1.61. The van der Waals surface area contributed by atoms with Crippen LogP contribution < -0.4 is 0 Å². The molecule has 2 aromatic rings. The number of carbonyl (C=O) groups is 1. The molecule has 0 spiro atoms. The Labute approximate surface area is 101 Å². The van der Waals surface area contributed by atoms with Gasteiger partial charge in [0.2, 0.25) is 0 Å². The minimum Gasteiger partial charge on any atom is -0.477 e. The van der Waals surface area contributed by atoms with Crippen LogP contribution in [-0.2, 0) is 0 Å². The summed E-state index contributed by atoms with van der Waals surface area (Å²) in [5, 5.41) is 20.1. The van der Waals surface area contributed by atoms with Crippen molar-refractivity contribution in [1.82, 2.24) is 4.98 Å². The number of benzene rings is 1. The van der Waals surface area contributed by atoms with Gasteiger partial charge in [-0.05, 0) is 6.07 Å². The summed E-state index contributed by atoms with van der Waals surface area (Å²) in [5.74, 6) is 1.02. The zero-order valence-corrected chi connectivity index (χ0v) is 8.95. The Kier molecular flexibility index (Phi) is 2.66. The van der Waals surface area contributed by atoms with Crippen molar-refractivity contribution in [3.8, 4) is 12.3 Å². The third kappa shape index (κ3) is 1.74. The van der Waals surface area contributed by atoms with Crippen molar-refractivity contribution in [2.24, 2.45) is 0 Å². The average Bonchev–Trinajstić information content (AvgIpc) is 2.36. The molecule has 0 radical (unpaired) electrons. The molecule has 0 aliphatic rings. The van der Waals surface area contributed by atoms with Gasteiger partial charge in [0.05, 0.1) is 4.92 Å². The predicted octanol–water partition coefficient (Wildman–Crippen LogP) is 1.82. The number of carboxylic acid groups (broad SMARTS) is 1. The number of aromatic carboxylic acids is 1. The van der Waals surface area contributed by atoms with Crippen LogP contribution in [0.5, 0.6) is 0 Å². The molecule has 0 amide bonds. The van der Waals surface area contributed by atoms with Gasteiger partial charge in [0.15, 0.2) is 0 Å². The Morgan fingerprint density at radius 2 is 2.22 bits per heavy atom. The van der Waals surface area contributed by atoms with E-state index in [1.165, 1.54) is 18.2 Å². The van der Waals surface area contributed by atoms with E-state index >= 15 is 0 Å². The van der Waals surface area contributed by atoms with Crippen LogP contribution in [-0.4, -0.2) is 21.0 Å². The number of rotatable bonds is 2. The lowest BCUT2D eigenvalue weighted by molar-refractivity contribution is -0.383. The molecular weight excluding hydrogens is 236 g/mol. The van der Waals surface area contributed by atoms with Crippen molar-refractivity contribution in [1.29, 1.82) is 0 Å². The molecule has 1 aromatic heterocycles. The lowest BCUT2D eigenvalue weighted by atomic mass is 10.1. The molecule has 0 fully saturated rings. The average molecular weight is 242 g/mol. The van der Waals surface area contributed by atoms with Gasteiger partial charge in [0.25, 0.3) is 5.69 Å². The maximum Gasteiger partial charge on any atom is 0.354 e. The molecular formula is C12H6N2O4. The molecule has 0 bridgehead atoms. The number of hydrogen-bond acceptors (Lipinski definition) is 4. The molecule has 0 aliphatic carbocycles. The lowest BCUT2D eigenvalue weighted by Crippen LogP contribution is -2.03. The minimum atomic E-state index is -1.29. The predicted molar refractivity (Wildman–Crippen MR) is 63.3 cm³/mol. The molecule has 1 aromatic carbocycles. The number of aromatic nitrogens is 1. The lowest BCUT2D eigenvalue weighted by Gasteiger charge is -2.03. The highest BCUT2D eigenvalue weighted by molar-refractivity contribution is 5.96. The quantitative estimate of drug-likeness (QED) is 0.492. The third-order valence-electron chi connectivity index (χ3n) is 2.39. The summed E-state index contributed by atoms with van der Waals surface area (Å²) in [4.78, 5) is 24.9.